The third-order valence-corrected chi connectivity index (χ3v) is 5.05. The maximum atomic E-state index is 12.5. The van der Waals surface area contributed by atoms with Gasteiger partial charge in [0.1, 0.15) is 16.4 Å². The van der Waals surface area contributed by atoms with Gasteiger partial charge in [0.25, 0.3) is 0 Å². The summed E-state index contributed by atoms with van der Waals surface area (Å²) in [7, 11) is 0.783. The maximum absolute atomic E-state index is 12.5. The number of benzene rings is 2. The Labute approximate surface area is 142 Å². The first-order valence-electron chi connectivity index (χ1n) is 7.32. The number of hydrogen-bond acceptors (Lipinski definition) is 5. The second kappa shape index (κ2) is 8.14. The Hall–Kier alpha value is -2.09. The number of ether oxygens (including phenoxy) is 3. The van der Waals surface area contributed by atoms with E-state index in [1.807, 2.05) is 18.2 Å². The molecule has 24 heavy (non-hydrogen) atoms. The van der Waals surface area contributed by atoms with E-state index in [0.29, 0.717) is 5.75 Å². The van der Waals surface area contributed by atoms with Crippen LogP contribution in [-0.4, -0.2) is 36.3 Å². The summed E-state index contributed by atoms with van der Waals surface area (Å²) in [4.78, 5) is 0.0855. The Bertz CT molecular complexity index is 776. The molecule has 2 aromatic carbocycles. The van der Waals surface area contributed by atoms with Crippen molar-refractivity contribution in [1.82, 2.24) is 4.72 Å². The van der Waals surface area contributed by atoms with E-state index in [1.165, 1.54) is 20.3 Å². The number of rotatable bonds is 8. The Morgan fingerprint density at radius 3 is 2.12 bits per heavy atom. The fourth-order valence-corrected chi connectivity index (χ4v) is 3.56. The van der Waals surface area contributed by atoms with Crippen molar-refractivity contribution in [3.8, 4) is 11.5 Å². The average Bonchev–Trinajstić information content (AvgIpc) is 2.62. The van der Waals surface area contributed by atoms with Crippen LogP contribution in [0.2, 0.25) is 0 Å². The highest BCUT2D eigenvalue weighted by atomic mass is 32.2. The fraction of sp³-hybridized carbons (Fsp3) is 0.294. The predicted octanol–water partition coefficient (Wildman–Crippen LogP) is 2.37. The molecule has 2 rings (SSSR count). The normalized spacial score (nSPS) is 12.6. The molecule has 1 unspecified atom stereocenters. The summed E-state index contributed by atoms with van der Waals surface area (Å²) in [6.07, 6.45) is -0.481. The van der Waals surface area contributed by atoms with Crippen LogP contribution >= 0.6 is 0 Å². The van der Waals surface area contributed by atoms with E-state index >= 15 is 0 Å². The van der Waals surface area contributed by atoms with Gasteiger partial charge in [-0.05, 0) is 18.2 Å². The summed E-state index contributed by atoms with van der Waals surface area (Å²) < 4.78 is 43.5. The molecule has 130 valence electrons. The number of nitrogens with one attached hydrogen (secondary N) is 1. The SMILES string of the molecule is COc1ccccc1C(CNS(=O)(=O)c1ccccc1OC)OC. The lowest BCUT2D eigenvalue weighted by atomic mass is 10.1. The van der Waals surface area contributed by atoms with Crippen LogP contribution in [0.3, 0.4) is 0 Å². The lowest BCUT2D eigenvalue weighted by Crippen LogP contribution is -2.29. The number of para-hydroxylation sites is 2. The summed E-state index contributed by atoms with van der Waals surface area (Å²) in [6, 6.07) is 13.8. The third kappa shape index (κ3) is 4.05. The van der Waals surface area contributed by atoms with E-state index in [4.69, 9.17) is 14.2 Å². The second-order valence-corrected chi connectivity index (χ2v) is 6.70. The van der Waals surface area contributed by atoms with Gasteiger partial charge in [0.2, 0.25) is 10.0 Å². The van der Waals surface area contributed by atoms with E-state index in [-0.39, 0.29) is 17.2 Å². The lowest BCUT2D eigenvalue weighted by Gasteiger charge is -2.19. The Morgan fingerprint density at radius 1 is 0.917 bits per heavy atom. The molecule has 0 spiro atoms. The molecule has 0 radical (unpaired) electrons. The van der Waals surface area contributed by atoms with Gasteiger partial charge in [-0.3, -0.25) is 0 Å². The molecule has 7 heteroatoms. The van der Waals surface area contributed by atoms with E-state index in [1.54, 1.807) is 31.4 Å². The van der Waals surface area contributed by atoms with Gasteiger partial charge in [-0.25, -0.2) is 13.1 Å². The summed E-state index contributed by atoms with van der Waals surface area (Å²) in [5, 5.41) is 0. The predicted molar refractivity (Wildman–Crippen MR) is 90.9 cm³/mol. The first-order valence-corrected chi connectivity index (χ1v) is 8.80. The van der Waals surface area contributed by atoms with Crippen LogP contribution < -0.4 is 14.2 Å². The highest BCUT2D eigenvalue weighted by Crippen LogP contribution is 2.27. The first kappa shape index (κ1) is 18.3. The van der Waals surface area contributed by atoms with E-state index in [9.17, 15) is 8.42 Å². The molecule has 0 aliphatic carbocycles. The largest absolute Gasteiger partial charge is 0.496 e. The Kier molecular flexibility index (Phi) is 6.19. The van der Waals surface area contributed by atoms with Gasteiger partial charge in [-0.15, -0.1) is 0 Å². The first-order chi connectivity index (χ1) is 11.5. The monoisotopic (exact) mass is 351 g/mol. The molecule has 0 aliphatic rings. The molecule has 0 aliphatic heterocycles. The summed E-state index contributed by atoms with van der Waals surface area (Å²) >= 11 is 0. The summed E-state index contributed by atoms with van der Waals surface area (Å²) in [5.41, 5.74) is 0.769. The van der Waals surface area contributed by atoms with Crippen molar-refractivity contribution in [2.75, 3.05) is 27.9 Å². The minimum Gasteiger partial charge on any atom is -0.496 e. The van der Waals surface area contributed by atoms with Crippen molar-refractivity contribution in [3.05, 3.63) is 54.1 Å². The number of methoxy groups -OCH3 is 3. The number of hydrogen-bond donors (Lipinski definition) is 1. The standard InChI is InChI=1S/C17H21NO5S/c1-21-14-9-5-4-8-13(14)16(23-3)12-18-24(19,20)17-11-7-6-10-15(17)22-2/h4-11,16,18H,12H2,1-3H3. The smallest absolute Gasteiger partial charge is 0.244 e. The maximum Gasteiger partial charge on any atom is 0.244 e. The lowest BCUT2D eigenvalue weighted by molar-refractivity contribution is 0.105. The van der Waals surface area contributed by atoms with Crippen molar-refractivity contribution in [2.24, 2.45) is 0 Å². The highest BCUT2D eigenvalue weighted by molar-refractivity contribution is 7.89. The minimum absolute atomic E-state index is 0.0667. The van der Waals surface area contributed by atoms with Gasteiger partial charge in [0, 0.05) is 19.2 Å². The van der Waals surface area contributed by atoms with E-state index in [2.05, 4.69) is 4.72 Å². The molecule has 0 bridgehead atoms. The molecular weight excluding hydrogens is 330 g/mol. The van der Waals surface area contributed by atoms with Crippen LogP contribution in [-0.2, 0) is 14.8 Å². The van der Waals surface area contributed by atoms with Crippen LogP contribution in [0, 0.1) is 0 Å². The van der Waals surface area contributed by atoms with Crippen LogP contribution in [0.4, 0.5) is 0 Å². The molecule has 0 saturated heterocycles. The van der Waals surface area contributed by atoms with Crippen LogP contribution in [0.1, 0.15) is 11.7 Å². The third-order valence-electron chi connectivity index (χ3n) is 3.59. The molecule has 6 nitrogen and oxygen atoms in total. The van der Waals surface area contributed by atoms with Crippen molar-refractivity contribution in [1.29, 1.82) is 0 Å². The Balaban J connectivity index is 2.21. The zero-order valence-corrected chi connectivity index (χ0v) is 14.7. The van der Waals surface area contributed by atoms with Gasteiger partial charge in [0.15, 0.2) is 0 Å². The van der Waals surface area contributed by atoms with Gasteiger partial charge in [-0.2, -0.15) is 0 Å². The molecule has 0 amide bonds. The van der Waals surface area contributed by atoms with Crippen molar-refractivity contribution >= 4 is 10.0 Å². The minimum atomic E-state index is -3.73. The van der Waals surface area contributed by atoms with Crippen molar-refractivity contribution in [2.45, 2.75) is 11.0 Å². The van der Waals surface area contributed by atoms with E-state index in [0.717, 1.165) is 5.56 Å². The van der Waals surface area contributed by atoms with Crippen LogP contribution in [0.5, 0.6) is 11.5 Å². The average molecular weight is 351 g/mol. The van der Waals surface area contributed by atoms with Gasteiger partial charge in [-0.1, -0.05) is 30.3 Å². The second-order valence-electron chi connectivity index (χ2n) is 4.97. The molecule has 1 N–H and O–H groups in total. The quantitative estimate of drug-likeness (QED) is 0.790. The molecule has 2 aromatic rings. The summed E-state index contributed by atoms with van der Waals surface area (Å²) in [5.74, 6) is 0.928. The summed E-state index contributed by atoms with van der Waals surface area (Å²) in [6.45, 7) is 0.0667. The van der Waals surface area contributed by atoms with Gasteiger partial charge in [0.05, 0.1) is 20.3 Å². The molecule has 0 fully saturated rings. The fourth-order valence-electron chi connectivity index (χ4n) is 2.36. The highest BCUT2D eigenvalue weighted by Gasteiger charge is 2.22. The molecular formula is C17H21NO5S. The number of sulfonamides is 1. The van der Waals surface area contributed by atoms with Crippen LogP contribution in [0.15, 0.2) is 53.4 Å². The Morgan fingerprint density at radius 2 is 1.50 bits per heavy atom. The zero-order valence-electron chi connectivity index (χ0n) is 13.9. The van der Waals surface area contributed by atoms with Crippen molar-refractivity contribution in [3.63, 3.8) is 0 Å². The topological polar surface area (TPSA) is 73.9 Å². The molecule has 0 aromatic heterocycles. The van der Waals surface area contributed by atoms with Crippen LogP contribution in [0.25, 0.3) is 0 Å². The zero-order chi connectivity index (χ0) is 17.6. The molecule has 0 saturated carbocycles. The van der Waals surface area contributed by atoms with Gasteiger partial charge >= 0.3 is 0 Å². The molecule has 1 atom stereocenters. The van der Waals surface area contributed by atoms with E-state index < -0.39 is 16.1 Å². The molecule has 0 heterocycles. The van der Waals surface area contributed by atoms with Crippen molar-refractivity contribution < 1.29 is 22.6 Å². The van der Waals surface area contributed by atoms with Gasteiger partial charge < -0.3 is 14.2 Å².